The molecule has 0 aromatic carbocycles. The molecule has 0 amide bonds. The van der Waals surface area contributed by atoms with Gasteiger partial charge >= 0.3 is 0 Å². The third-order valence-electron chi connectivity index (χ3n) is 11.0. The molecular formula is C29H48OS. The van der Waals surface area contributed by atoms with Crippen molar-refractivity contribution >= 4 is 11.8 Å². The number of aliphatic hydroxyl groups is 1. The van der Waals surface area contributed by atoms with Gasteiger partial charge in [-0.1, -0.05) is 57.4 Å². The maximum absolute atomic E-state index is 10.8. The van der Waals surface area contributed by atoms with Gasteiger partial charge in [-0.15, -0.1) is 0 Å². The molecule has 0 radical (unpaired) electrons. The number of fused-ring (bicyclic) bond motifs is 4. The molecule has 4 aliphatic rings. The molecule has 1 heterocycles. The Morgan fingerprint density at radius 2 is 1.77 bits per heavy atom. The first-order valence-electron chi connectivity index (χ1n) is 13.1. The molecule has 2 heteroatoms. The van der Waals surface area contributed by atoms with Crippen LogP contribution in [0, 0.1) is 34.0 Å². The zero-order valence-corrected chi connectivity index (χ0v) is 22.4. The van der Waals surface area contributed by atoms with Gasteiger partial charge in [-0.05, 0) is 112 Å². The minimum atomic E-state index is -0.135. The number of aliphatic hydroxyl groups excluding tert-OH is 1. The predicted molar refractivity (Wildman–Crippen MR) is 136 cm³/mol. The van der Waals surface area contributed by atoms with Gasteiger partial charge < -0.3 is 5.11 Å². The Labute approximate surface area is 196 Å². The standard InChI is InChI=1S/C29H48OS/c1-19(2)10-9-11-20(3)23-18-31-29(8)22-12-13-24-26(4,5)25(30)15-16-27(24,6)21(22)14-17-28(23,29)7/h10,20,23-25,30H,9,11-18H2,1-8H3/t20-,23-,24+,25+,27-,28-,29+/m1/s1. The van der Waals surface area contributed by atoms with Crippen LogP contribution in [-0.2, 0) is 0 Å². The molecule has 0 bridgehead atoms. The SMILES string of the molecule is CC(C)=CCC[C@@H](C)[C@H]1CS[C@@]2(C)C3=C(CC[C@]12C)[C@@]1(C)CC[C@H](O)C(C)(C)[C@@H]1CC3. The fourth-order valence-electron chi connectivity index (χ4n) is 8.66. The zero-order chi connectivity index (χ0) is 22.8. The number of thioether (sulfide) groups is 1. The lowest BCUT2D eigenvalue weighted by Crippen LogP contribution is -2.56. The Kier molecular flexibility index (Phi) is 6.12. The molecule has 1 saturated carbocycles. The van der Waals surface area contributed by atoms with Crippen molar-refractivity contribution in [1.82, 2.24) is 0 Å². The van der Waals surface area contributed by atoms with Gasteiger partial charge in [-0.3, -0.25) is 0 Å². The summed E-state index contributed by atoms with van der Waals surface area (Å²) in [7, 11) is 0. The fraction of sp³-hybridized carbons (Fsp3) is 0.862. The van der Waals surface area contributed by atoms with Crippen molar-refractivity contribution in [3.63, 3.8) is 0 Å². The van der Waals surface area contributed by atoms with Crippen LogP contribution in [-0.4, -0.2) is 21.7 Å². The Balaban J connectivity index is 1.65. The zero-order valence-electron chi connectivity index (χ0n) is 21.6. The Bertz CT molecular complexity index is 774. The molecule has 1 saturated heterocycles. The predicted octanol–water partition coefficient (Wildman–Crippen LogP) is 8.18. The average molecular weight is 445 g/mol. The molecule has 7 atom stereocenters. The summed E-state index contributed by atoms with van der Waals surface area (Å²) in [6.45, 7) is 19.5. The summed E-state index contributed by atoms with van der Waals surface area (Å²) >= 11 is 2.31. The summed E-state index contributed by atoms with van der Waals surface area (Å²) in [6, 6.07) is 0. The van der Waals surface area contributed by atoms with Crippen molar-refractivity contribution in [2.75, 3.05) is 5.75 Å². The van der Waals surface area contributed by atoms with Crippen LogP contribution in [0.3, 0.4) is 0 Å². The number of hydrogen-bond donors (Lipinski definition) is 1. The van der Waals surface area contributed by atoms with Crippen LogP contribution in [0.15, 0.2) is 22.8 Å². The van der Waals surface area contributed by atoms with Gasteiger partial charge in [-0.25, -0.2) is 0 Å². The van der Waals surface area contributed by atoms with Gasteiger partial charge in [0, 0.05) is 4.75 Å². The molecule has 0 aromatic rings. The first-order chi connectivity index (χ1) is 14.4. The summed E-state index contributed by atoms with van der Waals surface area (Å²) in [5, 5.41) is 10.8. The number of rotatable bonds is 4. The van der Waals surface area contributed by atoms with E-state index in [0.717, 1.165) is 18.3 Å². The van der Waals surface area contributed by atoms with E-state index in [1.54, 1.807) is 0 Å². The molecule has 1 nitrogen and oxygen atoms in total. The highest BCUT2D eigenvalue weighted by Crippen LogP contribution is 2.71. The first-order valence-corrected chi connectivity index (χ1v) is 14.0. The highest BCUT2D eigenvalue weighted by atomic mass is 32.2. The minimum absolute atomic E-state index is 0.0397. The normalized spacial score (nSPS) is 44.9. The van der Waals surface area contributed by atoms with E-state index in [0.29, 0.717) is 21.5 Å². The van der Waals surface area contributed by atoms with E-state index < -0.39 is 0 Å². The van der Waals surface area contributed by atoms with Gasteiger partial charge in [-0.2, -0.15) is 11.8 Å². The molecule has 1 aliphatic heterocycles. The third kappa shape index (κ3) is 3.44. The highest BCUT2D eigenvalue weighted by Gasteiger charge is 2.63. The van der Waals surface area contributed by atoms with Gasteiger partial charge in [0.15, 0.2) is 0 Å². The van der Waals surface area contributed by atoms with Gasteiger partial charge in [0.05, 0.1) is 6.10 Å². The molecule has 0 spiro atoms. The molecule has 0 aromatic heterocycles. The van der Waals surface area contributed by atoms with Crippen LogP contribution in [0.1, 0.15) is 107 Å². The Hall–Kier alpha value is -0.210. The second-order valence-corrected chi connectivity index (χ2v) is 14.5. The Morgan fingerprint density at radius 3 is 2.45 bits per heavy atom. The van der Waals surface area contributed by atoms with E-state index in [4.69, 9.17) is 0 Å². The lowest BCUT2D eigenvalue weighted by Gasteiger charge is -2.61. The quantitative estimate of drug-likeness (QED) is 0.441. The van der Waals surface area contributed by atoms with Crippen LogP contribution >= 0.6 is 11.8 Å². The summed E-state index contributed by atoms with van der Waals surface area (Å²) in [5.74, 6) is 3.59. The van der Waals surface area contributed by atoms with Crippen molar-refractivity contribution < 1.29 is 5.11 Å². The van der Waals surface area contributed by atoms with Crippen molar-refractivity contribution in [1.29, 1.82) is 0 Å². The molecule has 0 unspecified atom stereocenters. The van der Waals surface area contributed by atoms with Gasteiger partial charge in [0.25, 0.3) is 0 Å². The maximum atomic E-state index is 10.8. The topological polar surface area (TPSA) is 20.2 Å². The van der Waals surface area contributed by atoms with Crippen LogP contribution in [0.25, 0.3) is 0 Å². The molecule has 31 heavy (non-hydrogen) atoms. The van der Waals surface area contributed by atoms with Crippen molar-refractivity contribution in [3.8, 4) is 0 Å². The first kappa shape index (κ1) is 23.9. The van der Waals surface area contributed by atoms with Crippen LogP contribution in [0.2, 0.25) is 0 Å². The van der Waals surface area contributed by atoms with Crippen LogP contribution in [0.5, 0.6) is 0 Å². The van der Waals surface area contributed by atoms with E-state index in [2.05, 4.69) is 73.2 Å². The monoisotopic (exact) mass is 444 g/mol. The van der Waals surface area contributed by atoms with Crippen molar-refractivity contribution in [2.45, 2.75) is 118 Å². The largest absolute Gasteiger partial charge is 0.393 e. The fourth-order valence-corrected chi connectivity index (χ4v) is 10.9. The second kappa shape index (κ2) is 7.93. The lowest BCUT2D eigenvalue weighted by atomic mass is 9.45. The molecule has 2 fully saturated rings. The van der Waals surface area contributed by atoms with Crippen molar-refractivity contribution in [3.05, 3.63) is 22.8 Å². The molecule has 3 aliphatic carbocycles. The van der Waals surface area contributed by atoms with Gasteiger partial charge in [0.1, 0.15) is 0 Å². The van der Waals surface area contributed by atoms with Gasteiger partial charge in [0.2, 0.25) is 0 Å². The average Bonchev–Trinajstić information content (AvgIpc) is 2.96. The van der Waals surface area contributed by atoms with Crippen LogP contribution < -0.4 is 0 Å². The van der Waals surface area contributed by atoms with Crippen molar-refractivity contribution in [2.24, 2.45) is 34.0 Å². The summed E-state index contributed by atoms with van der Waals surface area (Å²) in [6.07, 6.45) is 12.2. The summed E-state index contributed by atoms with van der Waals surface area (Å²) < 4.78 is 0.310. The molecule has 1 N–H and O–H groups in total. The van der Waals surface area contributed by atoms with E-state index in [9.17, 15) is 5.11 Å². The number of hydrogen-bond acceptors (Lipinski definition) is 2. The van der Waals surface area contributed by atoms with E-state index in [-0.39, 0.29) is 11.5 Å². The van der Waals surface area contributed by atoms with E-state index >= 15 is 0 Å². The maximum Gasteiger partial charge on any atom is 0.0594 e. The highest BCUT2D eigenvalue weighted by molar-refractivity contribution is 8.01. The second-order valence-electron chi connectivity index (χ2n) is 13.0. The smallest absolute Gasteiger partial charge is 0.0594 e. The van der Waals surface area contributed by atoms with E-state index in [1.807, 2.05) is 11.1 Å². The third-order valence-corrected chi connectivity index (χ3v) is 12.8. The number of allylic oxidation sites excluding steroid dienone is 3. The molecule has 4 rings (SSSR count). The molecular weight excluding hydrogens is 396 g/mol. The molecule has 176 valence electrons. The lowest BCUT2D eigenvalue weighted by molar-refractivity contribution is -0.0927. The summed E-state index contributed by atoms with van der Waals surface area (Å²) in [4.78, 5) is 0. The minimum Gasteiger partial charge on any atom is -0.393 e. The van der Waals surface area contributed by atoms with E-state index in [1.165, 1.54) is 56.3 Å². The van der Waals surface area contributed by atoms with Crippen LogP contribution in [0.4, 0.5) is 0 Å². The summed E-state index contributed by atoms with van der Waals surface area (Å²) in [5.41, 5.74) is 5.90. The Morgan fingerprint density at radius 1 is 1.06 bits per heavy atom.